The third kappa shape index (κ3) is 3.29. The second-order valence-corrected chi connectivity index (χ2v) is 6.31. The van der Waals surface area contributed by atoms with Gasteiger partial charge in [-0.1, -0.05) is 17.7 Å². The van der Waals surface area contributed by atoms with E-state index >= 15 is 0 Å². The third-order valence-electron chi connectivity index (χ3n) is 3.18. The average Bonchev–Trinajstić information content (AvgIpc) is 2.32. The summed E-state index contributed by atoms with van der Waals surface area (Å²) in [5.41, 5.74) is 0.992. The molecule has 0 saturated heterocycles. The van der Waals surface area contributed by atoms with Gasteiger partial charge in [0.25, 0.3) is 10.1 Å². The topological polar surface area (TPSA) is 43.4 Å². The van der Waals surface area contributed by atoms with Crippen LogP contribution in [0, 0.1) is 6.92 Å². The van der Waals surface area contributed by atoms with Crippen LogP contribution in [0.15, 0.2) is 29.2 Å². The molecule has 0 heterocycles. The van der Waals surface area contributed by atoms with Crippen LogP contribution in [0.1, 0.15) is 31.2 Å². The number of alkyl halides is 1. The van der Waals surface area contributed by atoms with E-state index in [1.807, 2.05) is 6.92 Å². The predicted octanol–water partition coefficient (Wildman–Crippen LogP) is 2.98. The van der Waals surface area contributed by atoms with Crippen molar-refractivity contribution in [3.05, 3.63) is 29.8 Å². The van der Waals surface area contributed by atoms with E-state index < -0.39 is 16.3 Å². The highest BCUT2D eigenvalue weighted by Crippen LogP contribution is 2.26. The monoisotopic (exact) mass is 272 g/mol. The summed E-state index contributed by atoms with van der Waals surface area (Å²) in [6, 6.07) is 6.53. The molecule has 1 aromatic rings. The quantitative estimate of drug-likeness (QED) is 0.794. The van der Waals surface area contributed by atoms with Gasteiger partial charge in [0.15, 0.2) is 0 Å². The van der Waals surface area contributed by atoms with E-state index in [-0.39, 0.29) is 11.0 Å². The number of benzene rings is 1. The Labute approximate surface area is 107 Å². The van der Waals surface area contributed by atoms with Crippen LogP contribution >= 0.6 is 0 Å². The van der Waals surface area contributed by atoms with E-state index in [4.69, 9.17) is 4.18 Å². The van der Waals surface area contributed by atoms with Gasteiger partial charge in [-0.15, -0.1) is 0 Å². The summed E-state index contributed by atoms with van der Waals surface area (Å²) in [4.78, 5) is 0.162. The van der Waals surface area contributed by atoms with Crippen molar-refractivity contribution >= 4 is 10.1 Å². The average molecular weight is 272 g/mol. The van der Waals surface area contributed by atoms with Gasteiger partial charge in [0.2, 0.25) is 0 Å². The van der Waals surface area contributed by atoms with Crippen molar-refractivity contribution in [2.45, 2.75) is 49.8 Å². The van der Waals surface area contributed by atoms with Gasteiger partial charge in [-0.2, -0.15) is 8.42 Å². The summed E-state index contributed by atoms with van der Waals surface area (Å²) >= 11 is 0. The van der Waals surface area contributed by atoms with Crippen molar-refractivity contribution in [3.63, 3.8) is 0 Å². The van der Waals surface area contributed by atoms with Gasteiger partial charge in [0.05, 0.1) is 11.0 Å². The first kappa shape index (κ1) is 13.5. The van der Waals surface area contributed by atoms with E-state index in [1.165, 1.54) is 12.1 Å². The zero-order chi connectivity index (χ0) is 13.2. The fourth-order valence-corrected chi connectivity index (χ4v) is 3.19. The standard InChI is InChI=1S/C13H17FO3S/c1-10-2-8-13(9-3-10)18(15,16)17-12-6-4-11(14)5-7-12/h2-3,8-9,11-12H,4-7H2,1H3. The first-order valence-corrected chi connectivity index (χ1v) is 7.52. The molecule has 2 rings (SSSR count). The molecule has 1 fully saturated rings. The molecule has 1 aliphatic carbocycles. The van der Waals surface area contributed by atoms with Crippen LogP contribution in [-0.2, 0) is 14.3 Å². The van der Waals surface area contributed by atoms with Crippen molar-refractivity contribution in [1.82, 2.24) is 0 Å². The van der Waals surface area contributed by atoms with E-state index in [2.05, 4.69) is 0 Å². The van der Waals surface area contributed by atoms with Gasteiger partial charge < -0.3 is 0 Å². The Morgan fingerprint density at radius 3 is 2.22 bits per heavy atom. The van der Waals surface area contributed by atoms with Crippen molar-refractivity contribution in [2.24, 2.45) is 0 Å². The van der Waals surface area contributed by atoms with Gasteiger partial charge >= 0.3 is 0 Å². The summed E-state index contributed by atoms with van der Waals surface area (Å²) < 4.78 is 42.1. The summed E-state index contributed by atoms with van der Waals surface area (Å²) in [7, 11) is -3.72. The molecule has 0 bridgehead atoms. The lowest BCUT2D eigenvalue weighted by molar-refractivity contribution is 0.119. The molecule has 0 aromatic heterocycles. The molecule has 1 saturated carbocycles. The third-order valence-corrected chi connectivity index (χ3v) is 4.55. The van der Waals surface area contributed by atoms with Gasteiger partial charge in [-0.25, -0.2) is 4.39 Å². The highest BCUT2D eigenvalue weighted by atomic mass is 32.2. The molecule has 1 aliphatic rings. The fourth-order valence-electron chi connectivity index (χ4n) is 2.06. The SMILES string of the molecule is Cc1ccc(S(=O)(=O)OC2CCC(F)CC2)cc1. The minimum absolute atomic E-state index is 0.162. The van der Waals surface area contributed by atoms with Crippen LogP contribution in [0.25, 0.3) is 0 Å². The first-order valence-electron chi connectivity index (χ1n) is 6.11. The van der Waals surface area contributed by atoms with Crippen molar-refractivity contribution < 1.29 is 17.0 Å². The van der Waals surface area contributed by atoms with E-state index in [0.29, 0.717) is 25.7 Å². The number of aryl methyl sites for hydroxylation is 1. The van der Waals surface area contributed by atoms with Crippen LogP contribution in [0.3, 0.4) is 0 Å². The van der Waals surface area contributed by atoms with Gasteiger partial charge in [-0.05, 0) is 44.7 Å². The molecular weight excluding hydrogens is 255 g/mol. The molecule has 0 radical (unpaired) electrons. The number of hydrogen-bond acceptors (Lipinski definition) is 3. The lowest BCUT2D eigenvalue weighted by atomic mass is 9.96. The fraction of sp³-hybridized carbons (Fsp3) is 0.538. The van der Waals surface area contributed by atoms with E-state index in [1.54, 1.807) is 12.1 Å². The minimum atomic E-state index is -3.72. The molecule has 5 heteroatoms. The zero-order valence-corrected chi connectivity index (χ0v) is 11.1. The molecule has 0 aliphatic heterocycles. The Hall–Kier alpha value is -0.940. The number of halogens is 1. The highest BCUT2D eigenvalue weighted by Gasteiger charge is 2.26. The maximum Gasteiger partial charge on any atom is 0.297 e. The minimum Gasteiger partial charge on any atom is -0.263 e. The Morgan fingerprint density at radius 1 is 1.11 bits per heavy atom. The van der Waals surface area contributed by atoms with Crippen LogP contribution in [0.5, 0.6) is 0 Å². The molecule has 0 unspecified atom stereocenters. The van der Waals surface area contributed by atoms with Gasteiger partial charge in [-0.3, -0.25) is 4.18 Å². The van der Waals surface area contributed by atoms with Gasteiger partial charge in [0.1, 0.15) is 6.17 Å². The summed E-state index contributed by atoms with van der Waals surface area (Å²) in [6.45, 7) is 1.89. The predicted molar refractivity (Wildman–Crippen MR) is 66.6 cm³/mol. The maximum atomic E-state index is 13.0. The van der Waals surface area contributed by atoms with E-state index in [9.17, 15) is 12.8 Å². The molecule has 0 spiro atoms. The second kappa shape index (κ2) is 5.36. The Bertz CT molecular complexity index is 487. The van der Waals surface area contributed by atoms with Crippen molar-refractivity contribution in [3.8, 4) is 0 Å². The molecule has 1 aromatic carbocycles. The second-order valence-electron chi connectivity index (χ2n) is 4.74. The van der Waals surface area contributed by atoms with Gasteiger partial charge in [0, 0.05) is 0 Å². The van der Waals surface area contributed by atoms with Crippen LogP contribution < -0.4 is 0 Å². The first-order chi connectivity index (χ1) is 8.47. The van der Waals surface area contributed by atoms with E-state index in [0.717, 1.165) is 5.56 Å². The molecule has 100 valence electrons. The normalized spacial score (nSPS) is 25.0. The Kier molecular flexibility index (Phi) is 4.02. The summed E-state index contributed by atoms with van der Waals surface area (Å²) in [5, 5.41) is 0. The molecule has 0 N–H and O–H groups in total. The Morgan fingerprint density at radius 2 is 1.67 bits per heavy atom. The molecular formula is C13H17FO3S. The summed E-state index contributed by atoms with van der Waals surface area (Å²) in [5.74, 6) is 0. The van der Waals surface area contributed by atoms with Crippen LogP contribution in [-0.4, -0.2) is 20.7 Å². The number of hydrogen-bond donors (Lipinski definition) is 0. The van der Waals surface area contributed by atoms with Crippen molar-refractivity contribution in [2.75, 3.05) is 0 Å². The maximum absolute atomic E-state index is 13.0. The number of rotatable bonds is 3. The van der Waals surface area contributed by atoms with Crippen LogP contribution in [0.2, 0.25) is 0 Å². The van der Waals surface area contributed by atoms with Crippen molar-refractivity contribution in [1.29, 1.82) is 0 Å². The lowest BCUT2D eigenvalue weighted by Gasteiger charge is -2.23. The zero-order valence-electron chi connectivity index (χ0n) is 10.3. The molecule has 0 amide bonds. The Balaban J connectivity index is 2.05. The molecule has 18 heavy (non-hydrogen) atoms. The largest absolute Gasteiger partial charge is 0.297 e. The van der Waals surface area contributed by atoms with Crippen LogP contribution in [0.4, 0.5) is 4.39 Å². The lowest BCUT2D eigenvalue weighted by Crippen LogP contribution is -2.25. The summed E-state index contributed by atoms with van der Waals surface area (Å²) in [6.07, 6.45) is 0.496. The smallest absolute Gasteiger partial charge is 0.263 e. The molecule has 0 atom stereocenters. The molecule has 3 nitrogen and oxygen atoms in total. The highest BCUT2D eigenvalue weighted by molar-refractivity contribution is 7.86.